The Morgan fingerprint density at radius 3 is 2.43 bits per heavy atom. The molecule has 21 heavy (non-hydrogen) atoms. The summed E-state index contributed by atoms with van der Waals surface area (Å²) in [4.78, 5) is 13.7. The molecule has 1 unspecified atom stereocenters. The summed E-state index contributed by atoms with van der Waals surface area (Å²) in [7, 11) is -6.61. The van der Waals surface area contributed by atoms with Gasteiger partial charge in [-0.25, -0.2) is 16.8 Å². The van der Waals surface area contributed by atoms with Gasteiger partial charge in [-0.15, -0.1) is 6.58 Å². The van der Waals surface area contributed by atoms with Crippen LogP contribution in [-0.4, -0.2) is 75.4 Å². The predicted molar refractivity (Wildman–Crippen MR) is 81.1 cm³/mol. The van der Waals surface area contributed by atoms with Gasteiger partial charge in [-0.2, -0.15) is 4.31 Å². The van der Waals surface area contributed by atoms with Gasteiger partial charge < -0.3 is 4.90 Å². The maximum absolute atomic E-state index is 12.3. The smallest absolute Gasteiger partial charge is 0.238 e. The molecular formula is C12H22N2O5S2. The highest BCUT2D eigenvalue weighted by molar-refractivity contribution is 7.91. The van der Waals surface area contributed by atoms with E-state index in [4.69, 9.17) is 0 Å². The summed E-state index contributed by atoms with van der Waals surface area (Å²) in [6.07, 6.45) is 2.84. The monoisotopic (exact) mass is 338 g/mol. The first-order valence-corrected chi connectivity index (χ1v) is 10.3. The Bertz CT molecular complexity index is 597. The second-order valence-corrected chi connectivity index (χ2v) is 9.29. The molecule has 0 saturated carbocycles. The molecule has 0 N–H and O–H groups in total. The van der Waals surface area contributed by atoms with E-state index in [9.17, 15) is 21.6 Å². The summed E-state index contributed by atoms with van der Waals surface area (Å²) < 4.78 is 47.3. The van der Waals surface area contributed by atoms with Crippen LogP contribution in [0.4, 0.5) is 0 Å². The molecule has 1 saturated heterocycles. The number of carbonyl (C=O) groups is 1. The highest BCUT2D eigenvalue weighted by Gasteiger charge is 2.34. The van der Waals surface area contributed by atoms with Crippen LogP contribution in [0, 0.1) is 0 Å². The molecule has 1 atom stereocenters. The average molecular weight is 338 g/mol. The zero-order chi connectivity index (χ0) is 16.3. The van der Waals surface area contributed by atoms with Crippen LogP contribution >= 0.6 is 0 Å². The van der Waals surface area contributed by atoms with Gasteiger partial charge >= 0.3 is 0 Å². The van der Waals surface area contributed by atoms with Crippen LogP contribution in [0.15, 0.2) is 12.7 Å². The number of sulfonamides is 1. The van der Waals surface area contributed by atoms with Gasteiger partial charge in [-0.05, 0) is 13.3 Å². The van der Waals surface area contributed by atoms with Gasteiger partial charge in [0.15, 0.2) is 9.84 Å². The molecule has 9 heteroatoms. The zero-order valence-electron chi connectivity index (χ0n) is 12.4. The van der Waals surface area contributed by atoms with Gasteiger partial charge in [0.1, 0.15) is 0 Å². The average Bonchev–Trinajstić information content (AvgIpc) is 2.69. The molecule has 1 rings (SSSR count). The number of rotatable bonds is 7. The molecule has 1 aliphatic heterocycles. The van der Waals surface area contributed by atoms with Crippen molar-refractivity contribution in [2.75, 3.05) is 37.4 Å². The topological polar surface area (TPSA) is 91.8 Å². The minimum absolute atomic E-state index is 0.0467. The molecule has 0 radical (unpaired) electrons. The second kappa shape index (κ2) is 6.89. The quantitative estimate of drug-likeness (QED) is 0.582. The number of hydrogen-bond donors (Lipinski definition) is 0. The van der Waals surface area contributed by atoms with Crippen LogP contribution in [0.5, 0.6) is 0 Å². The summed E-state index contributed by atoms with van der Waals surface area (Å²) in [5.74, 6) is -0.358. The van der Waals surface area contributed by atoms with E-state index in [-0.39, 0.29) is 36.5 Å². The number of sulfone groups is 1. The fourth-order valence-electron chi connectivity index (χ4n) is 2.36. The fraction of sp³-hybridized carbons (Fsp3) is 0.750. The SMILES string of the molecule is C=CCN(CC(=O)N(CC)C1CCS(=O)(=O)C1)S(C)(=O)=O. The normalized spacial score (nSPS) is 21.4. The van der Waals surface area contributed by atoms with Crippen LogP contribution in [0.25, 0.3) is 0 Å². The lowest BCUT2D eigenvalue weighted by Gasteiger charge is -2.29. The molecule has 0 spiro atoms. The van der Waals surface area contributed by atoms with Gasteiger partial charge in [0.05, 0.1) is 24.3 Å². The van der Waals surface area contributed by atoms with Gasteiger partial charge in [0.25, 0.3) is 0 Å². The summed E-state index contributed by atoms with van der Waals surface area (Å²) in [6, 6.07) is -0.363. The molecule has 0 aromatic carbocycles. The Morgan fingerprint density at radius 1 is 1.43 bits per heavy atom. The number of nitrogens with zero attached hydrogens (tertiary/aromatic N) is 2. The second-order valence-electron chi connectivity index (χ2n) is 5.08. The van der Waals surface area contributed by atoms with E-state index in [1.807, 2.05) is 0 Å². The molecule has 122 valence electrons. The third-order valence-corrected chi connectivity index (χ3v) is 6.39. The lowest BCUT2D eigenvalue weighted by atomic mass is 10.2. The van der Waals surface area contributed by atoms with Crippen molar-refractivity contribution in [2.45, 2.75) is 19.4 Å². The zero-order valence-corrected chi connectivity index (χ0v) is 14.0. The lowest BCUT2D eigenvalue weighted by Crippen LogP contribution is -2.47. The number of amides is 1. The van der Waals surface area contributed by atoms with Crippen molar-refractivity contribution in [3.8, 4) is 0 Å². The maximum atomic E-state index is 12.3. The van der Waals surface area contributed by atoms with Gasteiger partial charge in [0, 0.05) is 19.1 Å². The molecule has 0 aromatic rings. The van der Waals surface area contributed by atoms with Crippen molar-refractivity contribution < 1.29 is 21.6 Å². The largest absolute Gasteiger partial charge is 0.338 e. The molecule has 1 heterocycles. The highest BCUT2D eigenvalue weighted by atomic mass is 32.2. The molecular weight excluding hydrogens is 316 g/mol. The van der Waals surface area contributed by atoms with E-state index in [0.717, 1.165) is 10.6 Å². The van der Waals surface area contributed by atoms with Crippen LogP contribution in [0.2, 0.25) is 0 Å². The van der Waals surface area contributed by atoms with Crippen molar-refractivity contribution >= 4 is 25.8 Å². The first-order valence-electron chi connectivity index (χ1n) is 6.66. The molecule has 1 amide bonds. The minimum Gasteiger partial charge on any atom is -0.338 e. The summed E-state index contributed by atoms with van der Waals surface area (Å²) in [5, 5.41) is 0. The highest BCUT2D eigenvalue weighted by Crippen LogP contribution is 2.18. The molecule has 1 fully saturated rings. The van der Waals surface area contributed by atoms with Crippen LogP contribution in [0.1, 0.15) is 13.3 Å². The molecule has 0 bridgehead atoms. The summed E-state index contributed by atoms with van der Waals surface area (Å²) in [5.41, 5.74) is 0. The summed E-state index contributed by atoms with van der Waals surface area (Å²) in [6.45, 7) is 5.33. The van der Waals surface area contributed by atoms with E-state index in [1.165, 1.54) is 11.0 Å². The Labute approximate surface area is 126 Å². The maximum Gasteiger partial charge on any atom is 0.238 e. The van der Waals surface area contributed by atoms with E-state index >= 15 is 0 Å². The van der Waals surface area contributed by atoms with Crippen molar-refractivity contribution in [3.63, 3.8) is 0 Å². The van der Waals surface area contributed by atoms with E-state index < -0.39 is 19.9 Å². The Morgan fingerprint density at radius 2 is 2.05 bits per heavy atom. The molecule has 0 aliphatic carbocycles. The van der Waals surface area contributed by atoms with Crippen molar-refractivity contribution in [3.05, 3.63) is 12.7 Å². The number of hydrogen-bond acceptors (Lipinski definition) is 5. The van der Waals surface area contributed by atoms with Crippen LogP contribution in [0.3, 0.4) is 0 Å². The first-order chi connectivity index (χ1) is 9.60. The van der Waals surface area contributed by atoms with E-state index in [0.29, 0.717) is 13.0 Å². The fourth-order valence-corrected chi connectivity index (χ4v) is 4.81. The Hall–Kier alpha value is -0.930. The van der Waals surface area contributed by atoms with Crippen LogP contribution < -0.4 is 0 Å². The van der Waals surface area contributed by atoms with E-state index in [2.05, 4.69) is 6.58 Å². The van der Waals surface area contributed by atoms with E-state index in [1.54, 1.807) is 6.92 Å². The summed E-state index contributed by atoms with van der Waals surface area (Å²) >= 11 is 0. The molecule has 7 nitrogen and oxygen atoms in total. The predicted octanol–water partition coefficient (Wildman–Crippen LogP) is -0.530. The van der Waals surface area contributed by atoms with Gasteiger partial charge in [-0.1, -0.05) is 6.08 Å². The minimum atomic E-state index is -3.51. The van der Waals surface area contributed by atoms with Crippen molar-refractivity contribution in [1.29, 1.82) is 0 Å². The van der Waals surface area contributed by atoms with Crippen LogP contribution in [-0.2, 0) is 24.7 Å². The Balaban J connectivity index is 2.82. The lowest BCUT2D eigenvalue weighted by molar-refractivity contribution is -0.132. The molecule has 0 aromatic heterocycles. The van der Waals surface area contributed by atoms with Gasteiger partial charge in [-0.3, -0.25) is 4.79 Å². The third-order valence-electron chi connectivity index (χ3n) is 3.42. The third kappa shape index (κ3) is 5.08. The first kappa shape index (κ1) is 18.1. The Kier molecular flexibility index (Phi) is 5.94. The molecule has 1 aliphatic rings. The standard InChI is InChI=1S/C12H22N2O5S2/c1-4-7-13(20(3,16)17)9-12(15)14(5-2)11-6-8-21(18,19)10-11/h4,11H,1,5-10H2,2-3H3. The van der Waals surface area contributed by atoms with Crippen molar-refractivity contribution in [1.82, 2.24) is 9.21 Å². The van der Waals surface area contributed by atoms with Gasteiger partial charge in [0.2, 0.25) is 15.9 Å². The number of carbonyl (C=O) groups excluding carboxylic acids is 1. The number of likely N-dealkylation sites (N-methyl/N-ethyl adjacent to an activating group) is 1. The van der Waals surface area contributed by atoms with Crippen molar-refractivity contribution in [2.24, 2.45) is 0 Å².